The van der Waals surface area contributed by atoms with Crippen molar-refractivity contribution in [3.63, 3.8) is 0 Å². The molecule has 0 aliphatic heterocycles. The number of rotatable bonds is 6. The quantitative estimate of drug-likeness (QED) is 0.244. The summed E-state index contributed by atoms with van der Waals surface area (Å²) >= 11 is 14.5. The second kappa shape index (κ2) is 9.25. The lowest BCUT2D eigenvalue weighted by atomic mass is 9.99. The summed E-state index contributed by atoms with van der Waals surface area (Å²) in [5.41, 5.74) is 3.88. The first kappa shape index (κ1) is 22.6. The van der Waals surface area contributed by atoms with Crippen LogP contribution in [0.4, 0.5) is 5.13 Å². The molecule has 1 aromatic carbocycles. The van der Waals surface area contributed by atoms with E-state index in [0.29, 0.717) is 54.7 Å². The summed E-state index contributed by atoms with van der Waals surface area (Å²) in [7, 11) is 1.57. The first-order chi connectivity index (χ1) is 15.9. The highest BCUT2D eigenvalue weighted by Gasteiger charge is 2.26. The zero-order chi connectivity index (χ0) is 23.1. The number of hydrogen-bond donors (Lipinski definition) is 1. The molecule has 1 amide bonds. The van der Waals surface area contributed by atoms with Gasteiger partial charge in [-0.15, -0.1) is 0 Å². The Bertz CT molecular complexity index is 1380. The molecule has 5 rings (SSSR count). The van der Waals surface area contributed by atoms with Crippen molar-refractivity contribution in [3.05, 3.63) is 58.6 Å². The number of alkyl halides is 2. The number of benzene rings is 1. The average molecular weight is 610 g/mol. The van der Waals surface area contributed by atoms with Crippen molar-refractivity contribution in [3.8, 4) is 16.9 Å². The molecular formula is C22H16Br2ClN5O2S. The standard InChI is InChI=1S/C22H16Br2ClN5O2S/c1-32-17-5-4-11(25)6-13(17)12-7-15(18(23)24)26-8-14(12)20(31)30-22-29-19-21(33-22)28-16(9-27-19)10-2-3-10/h4-10,18H,2-3H2,1H3,(H,27,29,30,31). The molecule has 1 saturated carbocycles. The maximum Gasteiger partial charge on any atom is 0.259 e. The van der Waals surface area contributed by atoms with Gasteiger partial charge in [0, 0.05) is 28.3 Å². The SMILES string of the molecule is COc1ccc(Cl)cc1-c1cc(C(Br)Br)ncc1C(=O)Nc1nc2ncc(C3CC3)nc2s1. The second-order valence-corrected chi connectivity index (χ2v) is 11.9. The number of aromatic nitrogens is 4. The van der Waals surface area contributed by atoms with Crippen LogP contribution in [0.25, 0.3) is 21.6 Å². The molecule has 0 radical (unpaired) electrons. The van der Waals surface area contributed by atoms with E-state index >= 15 is 0 Å². The minimum Gasteiger partial charge on any atom is -0.496 e. The first-order valence-electron chi connectivity index (χ1n) is 9.99. The van der Waals surface area contributed by atoms with Crippen LogP contribution in [0.15, 0.2) is 36.7 Å². The Hall–Kier alpha value is -2.14. The van der Waals surface area contributed by atoms with E-state index in [0.717, 1.165) is 18.5 Å². The monoisotopic (exact) mass is 607 g/mol. The summed E-state index contributed by atoms with van der Waals surface area (Å²) in [5.74, 6) is 0.732. The lowest BCUT2D eigenvalue weighted by Crippen LogP contribution is -2.14. The van der Waals surface area contributed by atoms with E-state index < -0.39 is 0 Å². The van der Waals surface area contributed by atoms with Crippen molar-refractivity contribution in [2.45, 2.75) is 22.5 Å². The van der Waals surface area contributed by atoms with Gasteiger partial charge in [-0.3, -0.25) is 15.1 Å². The van der Waals surface area contributed by atoms with Gasteiger partial charge in [-0.2, -0.15) is 4.98 Å². The summed E-state index contributed by atoms with van der Waals surface area (Å²) in [6, 6.07) is 7.08. The van der Waals surface area contributed by atoms with Gasteiger partial charge >= 0.3 is 0 Å². The van der Waals surface area contributed by atoms with E-state index in [2.05, 4.69) is 57.1 Å². The van der Waals surface area contributed by atoms with E-state index in [4.69, 9.17) is 16.3 Å². The molecule has 1 fully saturated rings. The Morgan fingerprint density at radius 1 is 1.18 bits per heavy atom. The van der Waals surface area contributed by atoms with Gasteiger partial charge in [0.05, 0.1) is 30.3 Å². The van der Waals surface area contributed by atoms with Crippen LogP contribution < -0.4 is 10.1 Å². The first-order valence-corrected chi connectivity index (χ1v) is 13.0. The molecule has 1 N–H and O–H groups in total. The number of amides is 1. The number of hydrogen-bond acceptors (Lipinski definition) is 7. The predicted molar refractivity (Wildman–Crippen MR) is 137 cm³/mol. The third kappa shape index (κ3) is 4.75. The molecule has 3 aromatic heterocycles. The van der Waals surface area contributed by atoms with Crippen LogP contribution in [0.5, 0.6) is 5.75 Å². The van der Waals surface area contributed by atoms with Crippen LogP contribution in [0.2, 0.25) is 5.02 Å². The van der Waals surface area contributed by atoms with Crippen molar-refractivity contribution in [1.82, 2.24) is 19.9 Å². The van der Waals surface area contributed by atoms with Gasteiger partial charge in [0.15, 0.2) is 15.6 Å². The molecule has 0 unspecified atom stereocenters. The number of ether oxygens (including phenoxy) is 1. The molecule has 0 spiro atoms. The fraction of sp³-hybridized carbons (Fsp3) is 0.227. The van der Waals surface area contributed by atoms with Crippen molar-refractivity contribution in [2.24, 2.45) is 0 Å². The summed E-state index contributed by atoms with van der Waals surface area (Å²) in [6.07, 6.45) is 5.59. The fourth-order valence-corrected chi connectivity index (χ4v) is 4.89. The van der Waals surface area contributed by atoms with E-state index in [1.165, 1.54) is 17.5 Å². The van der Waals surface area contributed by atoms with Gasteiger partial charge in [-0.25, -0.2) is 9.97 Å². The van der Waals surface area contributed by atoms with Crippen LogP contribution in [-0.4, -0.2) is 33.0 Å². The number of carbonyl (C=O) groups is 1. The number of nitrogens with zero attached hydrogens (tertiary/aromatic N) is 4. The third-order valence-corrected chi connectivity index (χ3v) is 7.23. The Balaban J connectivity index is 1.52. The molecule has 168 valence electrons. The number of thiazole rings is 1. The third-order valence-electron chi connectivity index (χ3n) is 5.20. The number of anilines is 1. The Morgan fingerprint density at radius 3 is 2.73 bits per heavy atom. The summed E-state index contributed by atoms with van der Waals surface area (Å²) in [4.78, 5) is 31.9. The summed E-state index contributed by atoms with van der Waals surface area (Å²) in [6.45, 7) is 0. The lowest BCUT2D eigenvalue weighted by Gasteiger charge is -2.15. The van der Waals surface area contributed by atoms with Crippen molar-refractivity contribution in [1.29, 1.82) is 0 Å². The zero-order valence-electron chi connectivity index (χ0n) is 17.2. The van der Waals surface area contributed by atoms with Crippen molar-refractivity contribution in [2.75, 3.05) is 12.4 Å². The maximum atomic E-state index is 13.3. The number of fused-ring (bicyclic) bond motifs is 1. The molecule has 11 heteroatoms. The van der Waals surface area contributed by atoms with Crippen LogP contribution >= 0.6 is 54.8 Å². The molecule has 3 heterocycles. The molecule has 0 atom stereocenters. The van der Waals surface area contributed by atoms with Crippen molar-refractivity contribution >= 4 is 76.3 Å². The van der Waals surface area contributed by atoms with Crippen LogP contribution in [0.3, 0.4) is 0 Å². The maximum absolute atomic E-state index is 13.3. The lowest BCUT2D eigenvalue weighted by molar-refractivity contribution is 0.102. The Morgan fingerprint density at radius 2 is 2.00 bits per heavy atom. The van der Waals surface area contributed by atoms with Crippen LogP contribution in [-0.2, 0) is 0 Å². The molecule has 1 aliphatic carbocycles. The normalized spacial score (nSPS) is 13.5. The number of carbonyl (C=O) groups excluding carboxylic acids is 1. The van der Waals surface area contributed by atoms with E-state index in [-0.39, 0.29) is 9.64 Å². The number of pyridine rings is 1. The topological polar surface area (TPSA) is 89.9 Å². The molecule has 33 heavy (non-hydrogen) atoms. The molecule has 4 aromatic rings. The van der Waals surface area contributed by atoms with Crippen LogP contribution in [0, 0.1) is 0 Å². The minimum atomic E-state index is -0.353. The Kier molecular flexibility index (Phi) is 6.34. The van der Waals surface area contributed by atoms with Crippen LogP contribution in [0.1, 0.15) is 44.2 Å². The minimum absolute atomic E-state index is 0.187. The molecular weight excluding hydrogens is 594 g/mol. The van der Waals surface area contributed by atoms with Gasteiger partial charge in [-0.1, -0.05) is 54.8 Å². The van der Waals surface area contributed by atoms with E-state index in [9.17, 15) is 4.79 Å². The van der Waals surface area contributed by atoms with E-state index in [1.54, 1.807) is 31.5 Å². The van der Waals surface area contributed by atoms with E-state index in [1.807, 2.05) is 6.07 Å². The molecule has 0 bridgehead atoms. The second-order valence-electron chi connectivity index (χ2n) is 7.47. The van der Waals surface area contributed by atoms with Gasteiger partial charge in [0.25, 0.3) is 5.91 Å². The number of halogens is 3. The Labute approximate surface area is 215 Å². The predicted octanol–water partition coefficient (Wildman–Crippen LogP) is 6.73. The van der Waals surface area contributed by atoms with Gasteiger partial charge in [0.2, 0.25) is 0 Å². The zero-order valence-corrected chi connectivity index (χ0v) is 21.9. The van der Waals surface area contributed by atoms with Gasteiger partial charge < -0.3 is 4.74 Å². The molecule has 0 saturated heterocycles. The summed E-state index contributed by atoms with van der Waals surface area (Å²) < 4.78 is 5.34. The van der Waals surface area contributed by atoms with Crippen molar-refractivity contribution < 1.29 is 9.53 Å². The van der Waals surface area contributed by atoms with Gasteiger partial charge in [-0.05, 0) is 37.1 Å². The summed E-state index contributed by atoms with van der Waals surface area (Å²) in [5, 5.41) is 3.83. The largest absolute Gasteiger partial charge is 0.496 e. The molecule has 1 aliphatic rings. The highest BCUT2D eigenvalue weighted by Crippen LogP contribution is 2.40. The average Bonchev–Trinajstić information content (AvgIpc) is 3.58. The highest BCUT2D eigenvalue weighted by molar-refractivity contribution is 9.24. The van der Waals surface area contributed by atoms with Gasteiger partial charge in [0.1, 0.15) is 9.49 Å². The highest BCUT2D eigenvalue weighted by atomic mass is 79.9. The molecule has 7 nitrogen and oxygen atoms in total. The number of methoxy groups -OCH3 is 1. The number of nitrogens with one attached hydrogen (secondary N) is 1. The fourth-order valence-electron chi connectivity index (χ4n) is 3.41. The smallest absolute Gasteiger partial charge is 0.259 e.